The topological polar surface area (TPSA) is 6.48 Å². The average Bonchev–Trinajstić information content (AvgIpc) is 2.42. The van der Waals surface area contributed by atoms with Gasteiger partial charge in [-0.05, 0) is 44.0 Å². The van der Waals surface area contributed by atoms with Crippen LogP contribution in [0.1, 0.15) is 31.7 Å². The maximum atomic E-state index is 12.9. The van der Waals surface area contributed by atoms with Crippen molar-refractivity contribution >= 4 is 0 Å². The molecular formula is C16H23FN2. The highest BCUT2D eigenvalue weighted by Gasteiger charge is 2.32. The molecule has 0 radical (unpaired) electrons. The lowest BCUT2D eigenvalue weighted by Gasteiger charge is -2.47. The van der Waals surface area contributed by atoms with E-state index in [2.05, 4.69) is 16.7 Å². The van der Waals surface area contributed by atoms with Crippen molar-refractivity contribution in [2.24, 2.45) is 0 Å². The van der Waals surface area contributed by atoms with Gasteiger partial charge in [0.05, 0.1) is 0 Å². The van der Waals surface area contributed by atoms with Crippen LogP contribution in [-0.4, -0.2) is 41.5 Å². The Morgan fingerprint density at radius 2 is 1.95 bits per heavy atom. The van der Waals surface area contributed by atoms with E-state index in [1.165, 1.54) is 44.5 Å². The third-order valence-electron chi connectivity index (χ3n) is 4.62. The highest BCUT2D eigenvalue weighted by Crippen LogP contribution is 2.25. The first kappa shape index (κ1) is 13.1. The average molecular weight is 262 g/mol. The lowest BCUT2D eigenvalue weighted by atomic mass is 9.97. The fourth-order valence-electron chi connectivity index (χ4n) is 3.46. The lowest BCUT2D eigenvalue weighted by molar-refractivity contribution is 0.0111. The zero-order chi connectivity index (χ0) is 13.2. The van der Waals surface area contributed by atoms with Crippen molar-refractivity contribution in [1.29, 1.82) is 0 Å². The van der Waals surface area contributed by atoms with E-state index in [-0.39, 0.29) is 5.82 Å². The van der Waals surface area contributed by atoms with Crippen molar-refractivity contribution < 1.29 is 4.39 Å². The smallest absolute Gasteiger partial charge is 0.123 e. The van der Waals surface area contributed by atoms with Gasteiger partial charge in [0, 0.05) is 31.7 Å². The van der Waals surface area contributed by atoms with Gasteiger partial charge in [0.15, 0.2) is 0 Å². The second-order valence-electron chi connectivity index (χ2n) is 6.05. The highest BCUT2D eigenvalue weighted by atomic mass is 19.1. The third-order valence-corrected chi connectivity index (χ3v) is 4.62. The number of fused-ring (bicyclic) bond motifs is 1. The maximum Gasteiger partial charge on any atom is 0.123 e. The van der Waals surface area contributed by atoms with Crippen LogP contribution in [-0.2, 0) is 6.54 Å². The van der Waals surface area contributed by atoms with Gasteiger partial charge in [-0.1, -0.05) is 18.6 Å². The van der Waals surface area contributed by atoms with Gasteiger partial charge in [-0.2, -0.15) is 0 Å². The molecule has 0 N–H and O–H groups in total. The highest BCUT2D eigenvalue weighted by molar-refractivity contribution is 5.16. The Balaban J connectivity index is 1.65. The Hall–Kier alpha value is -0.930. The first-order valence-electron chi connectivity index (χ1n) is 7.45. The quantitative estimate of drug-likeness (QED) is 0.808. The number of rotatable bonds is 2. The van der Waals surface area contributed by atoms with Crippen LogP contribution in [0.2, 0.25) is 0 Å². The monoisotopic (exact) mass is 262 g/mol. The fourth-order valence-corrected chi connectivity index (χ4v) is 3.46. The number of halogens is 1. The molecule has 2 heterocycles. The summed E-state index contributed by atoms with van der Waals surface area (Å²) in [6.07, 6.45) is 4.08. The Morgan fingerprint density at radius 1 is 1.16 bits per heavy atom. The molecular weight excluding hydrogens is 239 g/mol. The van der Waals surface area contributed by atoms with Gasteiger partial charge in [0.1, 0.15) is 5.82 Å². The van der Waals surface area contributed by atoms with Crippen LogP contribution in [0.15, 0.2) is 24.3 Å². The molecule has 2 nitrogen and oxygen atoms in total. The van der Waals surface area contributed by atoms with E-state index in [1.807, 2.05) is 12.1 Å². The van der Waals surface area contributed by atoms with E-state index in [4.69, 9.17) is 0 Å². The molecule has 0 amide bonds. The van der Waals surface area contributed by atoms with E-state index < -0.39 is 0 Å². The SMILES string of the molecule is CC1CN2CCCCC2CN1Cc1ccc(F)cc1. The predicted molar refractivity (Wildman–Crippen MR) is 75.5 cm³/mol. The van der Waals surface area contributed by atoms with Gasteiger partial charge in [-0.3, -0.25) is 9.80 Å². The molecule has 2 fully saturated rings. The standard InChI is InChI=1S/C16H23FN2/c1-13-10-18-9-3-2-4-16(18)12-19(13)11-14-5-7-15(17)8-6-14/h5-8,13,16H,2-4,9-12H2,1H3. The minimum absolute atomic E-state index is 0.145. The molecule has 2 atom stereocenters. The lowest BCUT2D eigenvalue weighted by Crippen LogP contribution is -2.58. The summed E-state index contributed by atoms with van der Waals surface area (Å²) >= 11 is 0. The molecule has 1 aromatic carbocycles. The molecule has 2 saturated heterocycles. The number of piperazine rings is 1. The molecule has 0 aliphatic carbocycles. The van der Waals surface area contributed by atoms with Gasteiger partial charge < -0.3 is 0 Å². The predicted octanol–water partition coefficient (Wildman–Crippen LogP) is 2.88. The number of hydrogen-bond acceptors (Lipinski definition) is 2. The first-order chi connectivity index (χ1) is 9.22. The molecule has 0 bridgehead atoms. The second kappa shape index (κ2) is 5.59. The van der Waals surface area contributed by atoms with E-state index >= 15 is 0 Å². The van der Waals surface area contributed by atoms with Gasteiger partial charge in [-0.15, -0.1) is 0 Å². The van der Waals surface area contributed by atoms with Crippen molar-refractivity contribution in [2.75, 3.05) is 19.6 Å². The molecule has 0 spiro atoms. The van der Waals surface area contributed by atoms with Crippen LogP contribution in [0.25, 0.3) is 0 Å². The van der Waals surface area contributed by atoms with Gasteiger partial charge in [-0.25, -0.2) is 4.39 Å². The zero-order valence-corrected chi connectivity index (χ0v) is 11.7. The van der Waals surface area contributed by atoms with Crippen LogP contribution < -0.4 is 0 Å². The minimum atomic E-state index is -0.145. The molecule has 1 aromatic rings. The van der Waals surface area contributed by atoms with E-state index in [1.54, 1.807) is 12.1 Å². The first-order valence-corrected chi connectivity index (χ1v) is 7.45. The Kier molecular flexibility index (Phi) is 3.85. The number of benzene rings is 1. The van der Waals surface area contributed by atoms with Crippen LogP contribution in [0.3, 0.4) is 0 Å². The van der Waals surface area contributed by atoms with Gasteiger partial charge in [0.2, 0.25) is 0 Å². The van der Waals surface area contributed by atoms with Crippen LogP contribution in [0.4, 0.5) is 4.39 Å². The fraction of sp³-hybridized carbons (Fsp3) is 0.625. The normalized spacial score (nSPS) is 29.2. The summed E-state index contributed by atoms with van der Waals surface area (Å²) < 4.78 is 12.9. The number of piperidine rings is 1. The van der Waals surface area contributed by atoms with Crippen LogP contribution in [0.5, 0.6) is 0 Å². The molecule has 3 rings (SSSR count). The van der Waals surface area contributed by atoms with Crippen LogP contribution >= 0.6 is 0 Å². The number of nitrogens with zero attached hydrogens (tertiary/aromatic N) is 2. The summed E-state index contributed by atoms with van der Waals surface area (Å²) in [7, 11) is 0. The number of hydrogen-bond donors (Lipinski definition) is 0. The Morgan fingerprint density at radius 3 is 2.74 bits per heavy atom. The summed E-state index contributed by atoms with van der Waals surface area (Å²) in [6, 6.07) is 8.29. The van der Waals surface area contributed by atoms with Crippen molar-refractivity contribution in [3.8, 4) is 0 Å². The minimum Gasteiger partial charge on any atom is -0.298 e. The molecule has 2 unspecified atom stereocenters. The molecule has 0 aromatic heterocycles. The van der Waals surface area contributed by atoms with Crippen LogP contribution in [0, 0.1) is 5.82 Å². The third kappa shape index (κ3) is 2.98. The van der Waals surface area contributed by atoms with Gasteiger partial charge in [0.25, 0.3) is 0 Å². The van der Waals surface area contributed by atoms with E-state index in [0.717, 1.165) is 12.6 Å². The summed E-state index contributed by atoms with van der Waals surface area (Å²) in [5.74, 6) is -0.145. The van der Waals surface area contributed by atoms with E-state index in [9.17, 15) is 4.39 Å². The molecule has 3 heteroatoms. The summed E-state index contributed by atoms with van der Waals surface area (Å²) in [6.45, 7) is 6.89. The van der Waals surface area contributed by atoms with Crippen molar-refractivity contribution in [1.82, 2.24) is 9.80 Å². The van der Waals surface area contributed by atoms with E-state index in [0.29, 0.717) is 6.04 Å². The maximum absolute atomic E-state index is 12.9. The summed E-state index contributed by atoms with van der Waals surface area (Å²) in [4.78, 5) is 5.22. The second-order valence-corrected chi connectivity index (χ2v) is 6.05. The van der Waals surface area contributed by atoms with Crippen molar-refractivity contribution in [2.45, 2.75) is 44.8 Å². The van der Waals surface area contributed by atoms with Crippen molar-refractivity contribution in [3.05, 3.63) is 35.6 Å². The molecule has 2 aliphatic rings. The van der Waals surface area contributed by atoms with Crippen molar-refractivity contribution in [3.63, 3.8) is 0 Å². The molecule has 104 valence electrons. The molecule has 19 heavy (non-hydrogen) atoms. The zero-order valence-electron chi connectivity index (χ0n) is 11.7. The summed E-state index contributed by atoms with van der Waals surface area (Å²) in [5.41, 5.74) is 1.22. The molecule has 2 aliphatic heterocycles. The molecule has 0 saturated carbocycles. The Labute approximate surface area is 115 Å². The largest absolute Gasteiger partial charge is 0.298 e. The Bertz CT molecular complexity index is 417. The summed E-state index contributed by atoms with van der Waals surface area (Å²) in [5, 5.41) is 0. The van der Waals surface area contributed by atoms with Gasteiger partial charge >= 0.3 is 0 Å².